The number of para-hydroxylation sites is 1. The molecule has 2 aromatic rings. The molecular weight excluding hydrogens is 342 g/mol. The van der Waals surface area contributed by atoms with Crippen molar-refractivity contribution in [3.63, 3.8) is 0 Å². The molecule has 2 rings (SSSR count). The minimum atomic E-state index is -1.12. The summed E-state index contributed by atoms with van der Waals surface area (Å²) in [5, 5.41) is 15.4. The summed E-state index contributed by atoms with van der Waals surface area (Å²) in [5.74, 6) is -0.930. The largest absolute Gasteiger partial charge is 0.480 e. The molecule has 25 heavy (non-hydrogen) atoms. The summed E-state index contributed by atoms with van der Waals surface area (Å²) in [4.78, 5) is 37.7. The van der Waals surface area contributed by atoms with Gasteiger partial charge in [-0.15, -0.1) is 0 Å². The number of carboxylic acid groups (broad SMARTS) is 1. The average Bonchev–Trinajstić information content (AvgIpc) is 3.01. The van der Waals surface area contributed by atoms with Crippen LogP contribution in [0.2, 0.25) is 0 Å². The van der Waals surface area contributed by atoms with Gasteiger partial charge in [0.2, 0.25) is 12.3 Å². The van der Waals surface area contributed by atoms with E-state index in [1.165, 1.54) is 0 Å². The number of hydrogen-bond donors (Lipinski definition) is 4. The predicted molar refractivity (Wildman–Crippen MR) is 97.6 cm³/mol. The molecule has 0 bridgehead atoms. The Morgan fingerprint density at radius 3 is 2.76 bits per heavy atom. The van der Waals surface area contributed by atoms with Crippen LogP contribution in [-0.4, -0.2) is 52.5 Å². The molecule has 0 saturated carbocycles. The van der Waals surface area contributed by atoms with Gasteiger partial charge in [-0.05, 0) is 30.1 Å². The maximum atomic E-state index is 12.3. The topological polar surface area (TPSA) is 111 Å². The van der Waals surface area contributed by atoms with Gasteiger partial charge >= 0.3 is 5.97 Å². The Morgan fingerprint density at radius 1 is 1.32 bits per heavy atom. The first kappa shape index (κ1) is 18.9. The van der Waals surface area contributed by atoms with Gasteiger partial charge in [-0.1, -0.05) is 18.2 Å². The number of aliphatic carboxylic acids is 1. The Hall–Kier alpha value is -2.48. The quantitative estimate of drug-likeness (QED) is 0.473. The van der Waals surface area contributed by atoms with E-state index in [2.05, 4.69) is 15.6 Å². The van der Waals surface area contributed by atoms with Crippen LogP contribution in [0.5, 0.6) is 0 Å². The Kier molecular flexibility index (Phi) is 6.88. The normalized spacial score (nSPS) is 13.2. The summed E-state index contributed by atoms with van der Waals surface area (Å²) in [6.45, 7) is 0. The van der Waals surface area contributed by atoms with Crippen LogP contribution in [-0.2, 0) is 20.8 Å². The molecule has 134 valence electrons. The maximum absolute atomic E-state index is 12.3. The van der Waals surface area contributed by atoms with Gasteiger partial charge in [0.25, 0.3) is 0 Å². The summed E-state index contributed by atoms with van der Waals surface area (Å²) in [6, 6.07) is 5.75. The fourth-order valence-corrected chi connectivity index (χ4v) is 3.07. The standard InChI is InChI=1S/C17H21N3O4S/c1-25-7-6-14(19-10-21)16(22)20-15(17(23)24)8-11-9-18-13-5-3-2-4-12(11)13/h2-5,9-10,14-15,18H,6-8H2,1H3,(H,19,21)(H,20,22)(H,23,24). The summed E-state index contributed by atoms with van der Waals surface area (Å²) in [7, 11) is 0. The highest BCUT2D eigenvalue weighted by Gasteiger charge is 2.25. The molecule has 0 aliphatic carbocycles. The minimum absolute atomic E-state index is 0.154. The van der Waals surface area contributed by atoms with Gasteiger partial charge in [0, 0.05) is 23.5 Å². The van der Waals surface area contributed by atoms with E-state index in [1.807, 2.05) is 30.5 Å². The molecule has 0 aliphatic heterocycles. The summed E-state index contributed by atoms with van der Waals surface area (Å²) in [6.07, 6.45) is 4.70. The smallest absolute Gasteiger partial charge is 0.326 e. The zero-order chi connectivity index (χ0) is 18.2. The monoisotopic (exact) mass is 363 g/mol. The Balaban J connectivity index is 2.10. The zero-order valence-electron chi connectivity index (χ0n) is 13.8. The Morgan fingerprint density at radius 2 is 2.08 bits per heavy atom. The summed E-state index contributed by atoms with van der Waals surface area (Å²) >= 11 is 1.55. The lowest BCUT2D eigenvalue weighted by molar-refractivity contribution is -0.142. The van der Waals surface area contributed by atoms with Crippen molar-refractivity contribution in [2.45, 2.75) is 24.9 Å². The Bertz CT molecular complexity index is 746. The van der Waals surface area contributed by atoms with Gasteiger partial charge in [-0.2, -0.15) is 11.8 Å². The molecular formula is C17H21N3O4S. The highest BCUT2D eigenvalue weighted by Crippen LogP contribution is 2.19. The second kappa shape index (κ2) is 9.12. The number of nitrogens with one attached hydrogen (secondary N) is 3. The zero-order valence-corrected chi connectivity index (χ0v) is 14.6. The van der Waals surface area contributed by atoms with E-state index in [0.717, 1.165) is 16.5 Å². The molecule has 7 nitrogen and oxygen atoms in total. The van der Waals surface area contributed by atoms with Crippen molar-refractivity contribution in [3.8, 4) is 0 Å². The number of benzene rings is 1. The van der Waals surface area contributed by atoms with Crippen LogP contribution in [0.25, 0.3) is 10.9 Å². The first-order chi connectivity index (χ1) is 12.1. The van der Waals surface area contributed by atoms with E-state index in [1.54, 1.807) is 18.0 Å². The highest BCUT2D eigenvalue weighted by atomic mass is 32.2. The van der Waals surface area contributed by atoms with Crippen LogP contribution in [0.4, 0.5) is 0 Å². The van der Waals surface area contributed by atoms with Crippen molar-refractivity contribution >= 4 is 41.0 Å². The summed E-state index contributed by atoms with van der Waals surface area (Å²) in [5.41, 5.74) is 1.72. The maximum Gasteiger partial charge on any atom is 0.326 e. The van der Waals surface area contributed by atoms with Crippen molar-refractivity contribution in [2.75, 3.05) is 12.0 Å². The third-order valence-corrected chi connectivity index (χ3v) is 4.55. The highest BCUT2D eigenvalue weighted by molar-refractivity contribution is 7.98. The van der Waals surface area contributed by atoms with Gasteiger partial charge in [0.15, 0.2) is 0 Å². The van der Waals surface area contributed by atoms with E-state index in [9.17, 15) is 19.5 Å². The van der Waals surface area contributed by atoms with Gasteiger partial charge in [-0.25, -0.2) is 4.79 Å². The van der Waals surface area contributed by atoms with Gasteiger partial charge in [0.1, 0.15) is 12.1 Å². The van der Waals surface area contributed by atoms with Gasteiger partial charge < -0.3 is 20.7 Å². The number of amides is 2. The van der Waals surface area contributed by atoms with Crippen LogP contribution in [0.15, 0.2) is 30.5 Å². The molecule has 4 N–H and O–H groups in total. The number of aromatic nitrogens is 1. The third kappa shape index (κ3) is 4.99. The SMILES string of the molecule is CSCCC(NC=O)C(=O)NC(Cc1c[nH]c2ccccc12)C(=O)O. The van der Waals surface area contributed by atoms with Crippen LogP contribution in [0.3, 0.4) is 0 Å². The number of rotatable bonds is 10. The number of carboxylic acids is 1. The number of hydrogen-bond acceptors (Lipinski definition) is 4. The number of thioether (sulfide) groups is 1. The Labute approximate surface area is 149 Å². The van der Waals surface area contributed by atoms with Crippen LogP contribution in [0.1, 0.15) is 12.0 Å². The van der Waals surface area contributed by atoms with Crippen LogP contribution in [0, 0.1) is 0 Å². The lowest BCUT2D eigenvalue weighted by atomic mass is 10.0. The molecule has 1 aromatic carbocycles. The molecule has 0 fully saturated rings. The number of carbonyl (C=O) groups is 3. The number of fused-ring (bicyclic) bond motifs is 1. The van der Waals surface area contributed by atoms with E-state index in [-0.39, 0.29) is 6.42 Å². The average molecular weight is 363 g/mol. The second-order valence-corrected chi connectivity index (χ2v) is 6.57. The molecule has 2 amide bonds. The fourth-order valence-electron chi connectivity index (χ4n) is 2.60. The molecule has 2 atom stereocenters. The van der Waals surface area contributed by atoms with Crippen molar-refractivity contribution < 1.29 is 19.5 Å². The van der Waals surface area contributed by atoms with Crippen molar-refractivity contribution in [3.05, 3.63) is 36.0 Å². The molecule has 1 aromatic heterocycles. The van der Waals surface area contributed by atoms with Crippen molar-refractivity contribution in [1.29, 1.82) is 0 Å². The molecule has 2 unspecified atom stereocenters. The molecule has 0 saturated heterocycles. The molecule has 1 heterocycles. The predicted octanol–water partition coefficient (Wildman–Crippen LogP) is 1.15. The first-order valence-corrected chi connectivity index (χ1v) is 9.23. The van der Waals surface area contributed by atoms with E-state index in [4.69, 9.17) is 0 Å². The van der Waals surface area contributed by atoms with Crippen LogP contribution < -0.4 is 10.6 Å². The number of H-pyrrole nitrogens is 1. The minimum Gasteiger partial charge on any atom is -0.480 e. The molecule has 0 aliphatic rings. The molecule has 0 radical (unpaired) electrons. The van der Waals surface area contributed by atoms with Gasteiger partial charge in [0.05, 0.1) is 0 Å². The molecule has 0 spiro atoms. The van der Waals surface area contributed by atoms with E-state index < -0.39 is 24.0 Å². The fraction of sp³-hybridized carbons (Fsp3) is 0.353. The van der Waals surface area contributed by atoms with Gasteiger partial charge in [-0.3, -0.25) is 9.59 Å². The lowest BCUT2D eigenvalue weighted by Crippen LogP contribution is -2.50. The second-order valence-electron chi connectivity index (χ2n) is 5.58. The number of aromatic amines is 1. The summed E-state index contributed by atoms with van der Waals surface area (Å²) < 4.78 is 0. The molecule has 8 heteroatoms. The van der Waals surface area contributed by atoms with Crippen molar-refractivity contribution in [2.24, 2.45) is 0 Å². The van der Waals surface area contributed by atoms with Crippen molar-refractivity contribution in [1.82, 2.24) is 15.6 Å². The van der Waals surface area contributed by atoms with E-state index in [0.29, 0.717) is 18.6 Å². The number of carbonyl (C=O) groups excluding carboxylic acids is 2. The van der Waals surface area contributed by atoms with E-state index >= 15 is 0 Å². The third-order valence-electron chi connectivity index (χ3n) is 3.91. The lowest BCUT2D eigenvalue weighted by Gasteiger charge is -2.19. The van der Waals surface area contributed by atoms with Crippen LogP contribution >= 0.6 is 11.8 Å². The first-order valence-electron chi connectivity index (χ1n) is 7.83.